The highest BCUT2D eigenvalue weighted by Gasteiger charge is 2.39. The topological polar surface area (TPSA) is 104 Å². The number of halogens is 1. The van der Waals surface area contributed by atoms with Crippen LogP contribution in [0, 0.1) is 0 Å². The molecular formula is C19H20ClN3O5. The molecule has 8 nitrogen and oxygen atoms in total. The van der Waals surface area contributed by atoms with Crippen LogP contribution in [-0.4, -0.2) is 34.9 Å². The Morgan fingerprint density at radius 3 is 2.54 bits per heavy atom. The Bertz CT molecular complexity index is 994. The normalized spacial score (nSPS) is 18.1. The van der Waals surface area contributed by atoms with Crippen molar-refractivity contribution < 1.29 is 23.7 Å². The van der Waals surface area contributed by atoms with Crippen molar-refractivity contribution in [2.45, 2.75) is 38.7 Å². The molecule has 2 aromatic rings. The summed E-state index contributed by atoms with van der Waals surface area (Å²) in [6.07, 6.45) is 0.444. The van der Waals surface area contributed by atoms with E-state index in [1.165, 1.54) is 7.11 Å². The van der Waals surface area contributed by atoms with E-state index in [0.29, 0.717) is 34.4 Å². The van der Waals surface area contributed by atoms with E-state index in [9.17, 15) is 9.59 Å². The third kappa shape index (κ3) is 3.47. The predicted molar refractivity (Wildman–Crippen MR) is 101 cm³/mol. The number of carbonyl (C=O) groups excluding carboxylic acids is 2. The number of aromatic nitrogens is 2. The number of methoxy groups -OCH3 is 1. The molecule has 0 radical (unpaired) electrons. The van der Waals surface area contributed by atoms with Gasteiger partial charge in [0.25, 0.3) is 0 Å². The van der Waals surface area contributed by atoms with Gasteiger partial charge in [0.05, 0.1) is 24.2 Å². The molecule has 1 aliphatic rings. The van der Waals surface area contributed by atoms with Crippen molar-refractivity contribution in [2.24, 2.45) is 0 Å². The smallest absolute Gasteiger partial charge is 0.338 e. The summed E-state index contributed by atoms with van der Waals surface area (Å²) < 4.78 is 15.2. The van der Waals surface area contributed by atoms with Crippen LogP contribution >= 0.6 is 11.6 Å². The molecule has 1 aromatic heterocycles. The number of carbonyl (C=O) groups is 2. The van der Waals surface area contributed by atoms with Crippen molar-refractivity contribution in [2.75, 3.05) is 7.11 Å². The molecule has 1 N–H and O–H groups in total. The molecule has 3 rings (SSSR count). The molecule has 1 aromatic carbocycles. The maximum atomic E-state index is 13.0. The number of fused-ring (bicyclic) bond motifs is 1. The van der Waals surface area contributed by atoms with Crippen LogP contribution in [0.15, 0.2) is 45.4 Å². The average Bonchev–Trinajstić information content (AvgIpc) is 3.15. The van der Waals surface area contributed by atoms with Gasteiger partial charge in [-0.05, 0) is 42.2 Å². The van der Waals surface area contributed by atoms with Gasteiger partial charge in [-0.25, -0.2) is 14.2 Å². The lowest BCUT2D eigenvalue weighted by Crippen LogP contribution is -2.33. The second kappa shape index (κ2) is 8.02. The van der Waals surface area contributed by atoms with Gasteiger partial charge in [-0.3, -0.25) is 0 Å². The molecule has 2 heterocycles. The van der Waals surface area contributed by atoms with Crippen molar-refractivity contribution in [3.05, 3.63) is 46.3 Å². The maximum Gasteiger partial charge on any atom is 0.338 e. The number of esters is 2. The van der Waals surface area contributed by atoms with Gasteiger partial charge < -0.3 is 14.8 Å². The molecule has 0 fully saturated rings. The largest absolute Gasteiger partial charge is 0.466 e. The number of rotatable bonds is 5. The highest BCUT2D eigenvalue weighted by molar-refractivity contribution is 6.20. The lowest BCUT2D eigenvalue weighted by atomic mass is 9.80. The van der Waals surface area contributed by atoms with Gasteiger partial charge in [0.1, 0.15) is 11.0 Å². The highest BCUT2D eigenvalue weighted by atomic mass is 35.5. The first-order valence-corrected chi connectivity index (χ1v) is 9.15. The van der Waals surface area contributed by atoms with Gasteiger partial charge >= 0.3 is 11.9 Å². The van der Waals surface area contributed by atoms with E-state index >= 15 is 0 Å². The summed E-state index contributed by atoms with van der Waals surface area (Å²) in [6, 6.07) is 5.24. The van der Waals surface area contributed by atoms with Crippen LogP contribution in [-0.2, 0) is 19.1 Å². The molecule has 0 bridgehead atoms. The minimum atomic E-state index is -0.786. The second-order valence-corrected chi connectivity index (χ2v) is 6.82. The highest BCUT2D eigenvalue weighted by Crippen LogP contribution is 2.41. The number of ether oxygens (including phenoxy) is 2. The zero-order valence-corrected chi connectivity index (χ0v) is 16.7. The average molecular weight is 406 g/mol. The molecule has 2 atom stereocenters. The molecule has 0 amide bonds. The summed E-state index contributed by atoms with van der Waals surface area (Å²) in [6.45, 7) is 5.27. The second-order valence-electron chi connectivity index (χ2n) is 6.33. The Kier molecular flexibility index (Phi) is 5.69. The molecule has 0 aliphatic carbocycles. The van der Waals surface area contributed by atoms with Gasteiger partial charge in [0.2, 0.25) is 0 Å². The summed E-state index contributed by atoms with van der Waals surface area (Å²) in [5, 5.41) is 10.9. The molecule has 0 spiro atoms. The van der Waals surface area contributed by atoms with Crippen molar-refractivity contribution >= 4 is 34.6 Å². The molecular weight excluding hydrogens is 386 g/mol. The van der Waals surface area contributed by atoms with Crippen molar-refractivity contribution in [3.63, 3.8) is 0 Å². The number of nitrogens with zero attached hydrogens (tertiary/aromatic N) is 2. The Labute approximate surface area is 166 Å². The number of allylic oxidation sites excluding steroid dienone is 2. The first-order valence-electron chi connectivity index (χ1n) is 8.72. The van der Waals surface area contributed by atoms with Crippen LogP contribution in [0.2, 0.25) is 0 Å². The van der Waals surface area contributed by atoms with E-state index in [-0.39, 0.29) is 11.1 Å². The maximum absolute atomic E-state index is 13.0. The van der Waals surface area contributed by atoms with Crippen molar-refractivity contribution in [3.8, 4) is 0 Å². The van der Waals surface area contributed by atoms with Gasteiger partial charge in [0.15, 0.2) is 5.56 Å². The van der Waals surface area contributed by atoms with Gasteiger partial charge in [-0.2, -0.15) is 0 Å². The van der Waals surface area contributed by atoms with Crippen LogP contribution in [0.3, 0.4) is 0 Å². The number of dihydropyridines is 1. The van der Waals surface area contributed by atoms with E-state index < -0.39 is 23.4 Å². The fraction of sp³-hybridized carbons (Fsp3) is 0.368. The van der Waals surface area contributed by atoms with Crippen LogP contribution in [0.25, 0.3) is 11.0 Å². The zero-order chi connectivity index (χ0) is 20.4. The minimum Gasteiger partial charge on any atom is -0.466 e. The monoisotopic (exact) mass is 405 g/mol. The lowest BCUT2D eigenvalue weighted by Gasteiger charge is -2.30. The summed E-state index contributed by atoms with van der Waals surface area (Å²) in [7, 11) is 1.28. The zero-order valence-electron chi connectivity index (χ0n) is 15.9. The first-order chi connectivity index (χ1) is 13.4. The molecule has 2 unspecified atom stereocenters. The van der Waals surface area contributed by atoms with E-state index in [1.54, 1.807) is 39.0 Å². The van der Waals surface area contributed by atoms with Crippen LogP contribution < -0.4 is 5.32 Å². The quantitative estimate of drug-likeness (QED) is 0.597. The Balaban J connectivity index is 2.22. The van der Waals surface area contributed by atoms with E-state index in [2.05, 4.69) is 15.6 Å². The number of alkyl halides is 1. The Morgan fingerprint density at radius 2 is 1.89 bits per heavy atom. The number of nitrogens with one attached hydrogen (secondary N) is 1. The van der Waals surface area contributed by atoms with Crippen molar-refractivity contribution in [1.82, 2.24) is 15.6 Å². The van der Waals surface area contributed by atoms with Crippen LogP contribution in [0.1, 0.15) is 38.7 Å². The molecule has 9 heteroatoms. The molecule has 28 heavy (non-hydrogen) atoms. The first kappa shape index (κ1) is 19.9. The fourth-order valence-corrected chi connectivity index (χ4v) is 3.36. The van der Waals surface area contributed by atoms with Crippen molar-refractivity contribution in [1.29, 1.82) is 0 Å². The molecule has 148 valence electrons. The Hall–Kier alpha value is -2.87. The van der Waals surface area contributed by atoms with Crippen LogP contribution in [0.4, 0.5) is 0 Å². The van der Waals surface area contributed by atoms with E-state index in [1.807, 2.05) is 0 Å². The summed E-state index contributed by atoms with van der Waals surface area (Å²) in [5.74, 6) is -1.98. The molecule has 1 aliphatic heterocycles. The SMILES string of the molecule is CCC(Cl)OC(=O)C1=C(C)NC(C)=C(C(=O)OC)C1c1cccc2nonc12. The number of benzene rings is 1. The van der Waals surface area contributed by atoms with Gasteiger partial charge in [-0.15, -0.1) is 0 Å². The fourth-order valence-electron chi connectivity index (χ4n) is 3.28. The summed E-state index contributed by atoms with van der Waals surface area (Å²) >= 11 is 6.03. The standard InChI is InChI=1S/C19H20ClN3O5/c1-5-13(20)27-19(25)15-10(3)21-9(2)14(18(24)26-4)16(15)11-7-6-8-12-17(11)23-28-22-12/h6-8,13,16,21H,5H2,1-4H3. The molecule has 0 saturated heterocycles. The summed E-state index contributed by atoms with van der Waals surface area (Å²) in [5.41, 5.74) is 2.39. The predicted octanol–water partition coefficient (Wildman–Crippen LogP) is 3.15. The third-order valence-corrected chi connectivity index (χ3v) is 4.97. The lowest BCUT2D eigenvalue weighted by molar-refractivity contribution is -0.141. The van der Waals surface area contributed by atoms with E-state index in [0.717, 1.165) is 0 Å². The van der Waals surface area contributed by atoms with Crippen LogP contribution in [0.5, 0.6) is 0 Å². The third-order valence-electron chi connectivity index (χ3n) is 4.57. The Morgan fingerprint density at radius 1 is 1.21 bits per heavy atom. The number of hydrogen-bond donors (Lipinski definition) is 1. The number of hydrogen-bond acceptors (Lipinski definition) is 8. The van der Waals surface area contributed by atoms with Gasteiger partial charge in [0, 0.05) is 11.4 Å². The van der Waals surface area contributed by atoms with Gasteiger partial charge in [-0.1, -0.05) is 30.7 Å². The minimum absolute atomic E-state index is 0.251. The van der Waals surface area contributed by atoms with E-state index in [4.69, 9.17) is 25.7 Å². The molecule has 0 saturated carbocycles. The summed E-state index contributed by atoms with van der Waals surface area (Å²) in [4.78, 5) is 25.6.